The van der Waals surface area contributed by atoms with E-state index in [1.165, 1.54) is 47.4 Å². The zero-order chi connectivity index (χ0) is 20.0. The Morgan fingerprint density at radius 2 is 2.00 bits per heavy atom. The summed E-state index contributed by atoms with van der Waals surface area (Å²) in [4.78, 5) is 28.1. The number of rotatable bonds is 8. The quantitative estimate of drug-likeness (QED) is 0.485. The van der Waals surface area contributed by atoms with E-state index in [-0.39, 0.29) is 23.2 Å². The lowest BCUT2D eigenvalue weighted by molar-refractivity contribution is -0.142. The summed E-state index contributed by atoms with van der Waals surface area (Å²) in [6.45, 7) is 3.79. The van der Waals surface area contributed by atoms with E-state index in [0.717, 1.165) is 0 Å². The Bertz CT molecular complexity index is 910. The maximum Gasteiger partial charge on any atom is 0.311 e. The van der Waals surface area contributed by atoms with E-state index in [1.807, 2.05) is 0 Å². The van der Waals surface area contributed by atoms with Crippen LogP contribution in [0.2, 0.25) is 0 Å². The number of carbonyl (C=O) groups is 2. The number of anilines is 1. The molecule has 27 heavy (non-hydrogen) atoms. The van der Waals surface area contributed by atoms with Crippen LogP contribution in [0.25, 0.3) is 0 Å². The van der Waals surface area contributed by atoms with E-state index in [4.69, 9.17) is 9.88 Å². The minimum atomic E-state index is -3.77. The summed E-state index contributed by atoms with van der Waals surface area (Å²) >= 11 is 2.62. The molecule has 1 amide bonds. The molecule has 0 saturated carbocycles. The minimum Gasteiger partial charge on any atom is -0.466 e. The van der Waals surface area contributed by atoms with Crippen molar-refractivity contribution >= 4 is 50.7 Å². The fourth-order valence-electron chi connectivity index (χ4n) is 1.96. The first-order chi connectivity index (χ1) is 12.7. The number of nitrogens with one attached hydrogen (secondary N) is 1. The number of carbonyl (C=O) groups excluding carboxylic acids is 2. The normalized spacial score (nSPS) is 12.4. The second-order valence-electron chi connectivity index (χ2n) is 5.41. The number of ether oxygens (including phenoxy) is 1. The van der Waals surface area contributed by atoms with Gasteiger partial charge in [0.15, 0.2) is 4.34 Å². The Labute approximate surface area is 165 Å². The molecule has 146 valence electrons. The molecule has 2 rings (SSSR count). The van der Waals surface area contributed by atoms with Crippen LogP contribution in [0.4, 0.5) is 5.69 Å². The third-order valence-electron chi connectivity index (χ3n) is 3.26. The van der Waals surface area contributed by atoms with Crippen LogP contribution in [0.3, 0.4) is 0 Å². The van der Waals surface area contributed by atoms with Gasteiger partial charge in [0.25, 0.3) is 0 Å². The lowest BCUT2D eigenvalue weighted by Gasteiger charge is -2.10. The van der Waals surface area contributed by atoms with Gasteiger partial charge in [-0.25, -0.2) is 18.5 Å². The number of nitrogens with zero attached hydrogens (tertiary/aromatic N) is 1. The van der Waals surface area contributed by atoms with Gasteiger partial charge in [-0.05, 0) is 38.1 Å². The number of sulfonamides is 1. The number of aromatic nitrogens is 1. The summed E-state index contributed by atoms with van der Waals surface area (Å²) in [5, 5.41) is 9.06. The summed E-state index contributed by atoms with van der Waals surface area (Å²) in [5.41, 5.74) is 1.06. The molecule has 1 aromatic heterocycles. The van der Waals surface area contributed by atoms with Gasteiger partial charge in [-0.3, -0.25) is 9.59 Å². The molecular formula is C16H19N3O5S3. The van der Waals surface area contributed by atoms with Crippen molar-refractivity contribution in [3.8, 4) is 0 Å². The first kappa shape index (κ1) is 21.4. The van der Waals surface area contributed by atoms with Gasteiger partial charge >= 0.3 is 5.97 Å². The van der Waals surface area contributed by atoms with Crippen LogP contribution in [0.5, 0.6) is 0 Å². The highest BCUT2D eigenvalue weighted by Gasteiger charge is 2.18. The van der Waals surface area contributed by atoms with Crippen LogP contribution in [0.1, 0.15) is 19.5 Å². The van der Waals surface area contributed by atoms with Crippen molar-refractivity contribution in [2.75, 3.05) is 11.9 Å². The maximum absolute atomic E-state index is 12.3. The predicted molar refractivity (Wildman–Crippen MR) is 104 cm³/mol. The van der Waals surface area contributed by atoms with Gasteiger partial charge in [0, 0.05) is 11.1 Å². The number of benzene rings is 1. The second-order valence-corrected chi connectivity index (χ2v) is 9.41. The van der Waals surface area contributed by atoms with Crippen molar-refractivity contribution in [3.05, 3.63) is 35.3 Å². The van der Waals surface area contributed by atoms with Crippen molar-refractivity contribution in [1.82, 2.24) is 4.98 Å². The van der Waals surface area contributed by atoms with Gasteiger partial charge in [0.2, 0.25) is 15.9 Å². The molecule has 0 spiro atoms. The van der Waals surface area contributed by atoms with Crippen LogP contribution >= 0.6 is 23.1 Å². The van der Waals surface area contributed by atoms with Crippen LogP contribution in [-0.2, 0) is 30.8 Å². The van der Waals surface area contributed by atoms with Gasteiger partial charge in [-0.15, -0.1) is 11.3 Å². The molecule has 0 radical (unpaired) electrons. The van der Waals surface area contributed by atoms with Crippen LogP contribution in [0, 0.1) is 0 Å². The molecule has 1 heterocycles. The highest BCUT2D eigenvalue weighted by Crippen LogP contribution is 2.28. The summed E-state index contributed by atoms with van der Waals surface area (Å²) in [6.07, 6.45) is 0.0991. The average molecular weight is 430 g/mol. The summed E-state index contributed by atoms with van der Waals surface area (Å²) in [5.74, 6) is -0.599. The molecule has 1 unspecified atom stereocenters. The lowest BCUT2D eigenvalue weighted by Crippen LogP contribution is -2.22. The Hall–Kier alpha value is -1.95. The largest absolute Gasteiger partial charge is 0.466 e. The Kier molecular flexibility index (Phi) is 7.36. The molecule has 1 aromatic carbocycles. The number of hydrogen-bond acceptors (Lipinski definition) is 8. The van der Waals surface area contributed by atoms with Crippen LogP contribution < -0.4 is 10.5 Å². The van der Waals surface area contributed by atoms with Crippen LogP contribution in [0.15, 0.2) is 38.9 Å². The molecule has 1 atom stereocenters. The molecule has 0 aliphatic carbocycles. The minimum absolute atomic E-state index is 0.0279. The van der Waals surface area contributed by atoms with Gasteiger partial charge in [-0.1, -0.05) is 11.8 Å². The fourth-order valence-corrected chi connectivity index (χ4v) is 4.46. The van der Waals surface area contributed by atoms with E-state index < -0.39 is 15.3 Å². The van der Waals surface area contributed by atoms with Gasteiger partial charge in [0.1, 0.15) is 0 Å². The highest BCUT2D eigenvalue weighted by atomic mass is 32.2. The average Bonchev–Trinajstić information content (AvgIpc) is 3.01. The standard InChI is InChI=1S/C16H19N3O5S3/c1-3-24-14(20)8-12-9-25-16(19-12)26-10(2)15(21)18-11-4-6-13(7-5-11)27(17,22)23/h4-7,9-10H,3,8H2,1-2H3,(H,18,21)(H2,17,22,23). The molecular weight excluding hydrogens is 410 g/mol. The summed E-state index contributed by atoms with van der Waals surface area (Å²) in [6, 6.07) is 5.59. The van der Waals surface area contributed by atoms with Crippen molar-refractivity contribution in [3.63, 3.8) is 0 Å². The van der Waals surface area contributed by atoms with Gasteiger partial charge < -0.3 is 10.1 Å². The first-order valence-electron chi connectivity index (χ1n) is 7.89. The molecule has 11 heteroatoms. The fraction of sp³-hybridized carbons (Fsp3) is 0.312. The molecule has 8 nitrogen and oxygen atoms in total. The summed E-state index contributed by atoms with van der Waals surface area (Å²) in [7, 11) is -3.77. The van der Waals surface area contributed by atoms with Crippen molar-refractivity contribution in [2.45, 2.75) is 34.8 Å². The highest BCUT2D eigenvalue weighted by molar-refractivity contribution is 8.02. The second kappa shape index (κ2) is 9.31. The van der Waals surface area contributed by atoms with E-state index in [2.05, 4.69) is 10.3 Å². The molecule has 0 aliphatic rings. The maximum atomic E-state index is 12.3. The number of esters is 1. The van der Waals surface area contributed by atoms with E-state index in [0.29, 0.717) is 22.3 Å². The zero-order valence-electron chi connectivity index (χ0n) is 14.7. The number of thiazole rings is 1. The molecule has 3 N–H and O–H groups in total. The number of hydrogen-bond donors (Lipinski definition) is 2. The first-order valence-corrected chi connectivity index (χ1v) is 11.2. The Morgan fingerprint density at radius 3 is 2.59 bits per heavy atom. The molecule has 0 saturated heterocycles. The predicted octanol–water partition coefficient (Wildman–Crippen LogP) is 2.02. The molecule has 0 bridgehead atoms. The van der Waals surface area contributed by atoms with Crippen molar-refractivity contribution in [1.29, 1.82) is 0 Å². The number of primary sulfonamides is 1. The molecule has 2 aromatic rings. The zero-order valence-corrected chi connectivity index (χ0v) is 17.1. The molecule has 0 fully saturated rings. The van der Waals surface area contributed by atoms with Crippen molar-refractivity contribution in [2.24, 2.45) is 5.14 Å². The third kappa shape index (κ3) is 6.61. The SMILES string of the molecule is CCOC(=O)Cc1csc(SC(C)C(=O)Nc2ccc(S(N)(=O)=O)cc2)n1. The topological polar surface area (TPSA) is 128 Å². The molecule has 0 aliphatic heterocycles. The monoisotopic (exact) mass is 429 g/mol. The van der Waals surface area contributed by atoms with Crippen LogP contribution in [-0.4, -0.2) is 37.1 Å². The van der Waals surface area contributed by atoms with E-state index in [1.54, 1.807) is 19.2 Å². The van der Waals surface area contributed by atoms with Gasteiger partial charge in [0.05, 0.1) is 28.9 Å². The number of amides is 1. The van der Waals surface area contributed by atoms with E-state index in [9.17, 15) is 18.0 Å². The smallest absolute Gasteiger partial charge is 0.311 e. The number of nitrogens with two attached hydrogens (primary N) is 1. The van der Waals surface area contributed by atoms with Gasteiger partial charge in [-0.2, -0.15) is 0 Å². The number of thioether (sulfide) groups is 1. The van der Waals surface area contributed by atoms with Crippen molar-refractivity contribution < 1.29 is 22.7 Å². The Balaban J connectivity index is 1.92. The summed E-state index contributed by atoms with van der Waals surface area (Å²) < 4.78 is 28.0. The third-order valence-corrected chi connectivity index (χ3v) is 6.31. The Morgan fingerprint density at radius 1 is 1.33 bits per heavy atom. The van der Waals surface area contributed by atoms with E-state index >= 15 is 0 Å². The lowest BCUT2D eigenvalue weighted by atomic mass is 10.3.